The van der Waals surface area contributed by atoms with Crippen molar-refractivity contribution in [1.82, 2.24) is 10.3 Å². The molecular formula is C12H14N2O2S. The number of hydrogen-bond donors (Lipinski definition) is 2. The molecule has 0 saturated heterocycles. The van der Waals surface area contributed by atoms with Crippen molar-refractivity contribution in [2.24, 2.45) is 0 Å². The number of hydrogen-bond acceptors (Lipinski definition) is 5. The predicted molar refractivity (Wildman–Crippen MR) is 67.3 cm³/mol. The van der Waals surface area contributed by atoms with E-state index in [9.17, 15) is 5.11 Å². The third kappa shape index (κ3) is 3.18. The summed E-state index contributed by atoms with van der Waals surface area (Å²) < 4.78 is 5.05. The van der Waals surface area contributed by atoms with E-state index in [0.29, 0.717) is 5.75 Å². The van der Waals surface area contributed by atoms with Gasteiger partial charge in [0.2, 0.25) is 0 Å². The lowest BCUT2D eigenvalue weighted by atomic mass is 10.2. The Morgan fingerprint density at radius 1 is 1.41 bits per heavy atom. The quantitative estimate of drug-likeness (QED) is 0.853. The van der Waals surface area contributed by atoms with E-state index in [2.05, 4.69) is 10.3 Å². The van der Waals surface area contributed by atoms with E-state index in [1.54, 1.807) is 30.7 Å². The summed E-state index contributed by atoms with van der Waals surface area (Å²) in [6, 6.07) is 5.33. The summed E-state index contributed by atoms with van der Waals surface area (Å²) >= 11 is 1.63. The zero-order valence-electron chi connectivity index (χ0n) is 9.51. The first kappa shape index (κ1) is 11.9. The van der Waals surface area contributed by atoms with Gasteiger partial charge in [0.1, 0.15) is 5.01 Å². The first-order chi connectivity index (χ1) is 8.29. The van der Waals surface area contributed by atoms with E-state index in [4.69, 9.17) is 4.74 Å². The highest BCUT2D eigenvalue weighted by Crippen LogP contribution is 2.26. The number of phenolic OH excluding ortho intramolecular Hbond substituents is 1. The normalized spacial score (nSPS) is 10.4. The van der Waals surface area contributed by atoms with E-state index < -0.39 is 0 Å². The summed E-state index contributed by atoms with van der Waals surface area (Å²) in [5.41, 5.74) is 1.07. The van der Waals surface area contributed by atoms with Crippen LogP contribution in [-0.4, -0.2) is 17.2 Å². The number of rotatable bonds is 5. The van der Waals surface area contributed by atoms with Crippen molar-refractivity contribution in [3.8, 4) is 11.5 Å². The second-order valence-electron chi connectivity index (χ2n) is 3.54. The van der Waals surface area contributed by atoms with Crippen LogP contribution >= 0.6 is 11.3 Å². The first-order valence-corrected chi connectivity index (χ1v) is 6.12. The molecule has 1 aromatic heterocycles. The van der Waals surface area contributed by atoms with Crippen LogP contribution in [0.4, 0.5) is 0 Å². The molecule has 0 spiro atoms. The molecule has 4 nitrogen and oxygen atoms in total. The van der Waals surface area contributed by atoms with E-state index >= 15 is 0 Å². The number of methoxy groups -OCH3 is 1. The van der Waals surface area contributed by atoms with Crippen LogP contribution in [0.3, 0.4) is 0 Å². The molecule has 1 heterocycles. The largest absolute Gasteiger partial charge is 0.504 e. The van der Waals surface area contributed by atoms with Gasteiger partial charge in [-0.1, -0.05) is 6.07 Å². The zero-order chi connectivity index (χ0) is 12.1. The van der Waals surface area contributed by atoms with Crippen molar-refractivity contribution in [2.75, 3.05) is 7.11 Å². The zero-order valence-corrected chi connectivity index (χ0v) is 10.3. The number of thiazole rings is 1. The Kier molecular flexibility index (Phi) is 3.95. The third-order valence-electron chi connectivity index (χ3n) is 2.33. The Labute approximate surface area is 104 Å². The first-order valence-electron chi connectivity index (χ1n) is 5.24. The fraction of sp³-hybridized carbons (Fsp3) is 0.250. The highest BCUT2D eigenvalue weighted by Gasteiger charge is 2.02. The maximum atomic E-state index is 9.46. The fourth-order valence-electron chi connectivity index (χ4n) is 1.49. The lowest BCUT2D eigenvalue weighted by Crippen LogP contribution is -2.12. The van der Waals surface area contributed by atoms with Crippen LogP contribution in [0.25, 0.3) is 0 Å². The van der Waals surface area contributed by atoms with E-state index in [1.165, 1.54) is 0 Å². The van der Waals surface area contributed by atoms with E-state index in [0.717, 1.165) is 23.7 Å². The molecule has 0 fully saturated rings. The molecule has 2 aromatic rings. The molecule has 0 bridgehead atoms. The second-order valence-corrected chi connectivity index (χ2v) is 4.51. The van der Waals surface area contributed by atoms with Gasteiger partial charge in [0.15, 0.2) is 11.5 Å². The average Bonchev–Trinajstić information content (AvgIpc) is 2.84. The SMILES string of the molecule is COc1cc(CNCc2nccs2)ccc1O. The Morgan fingerprint density at radius 3 is 3.00 bits per heavy atom. The van der Waals surface area contributed by atoms with E-state index in [-0.39, 0.29) is 5.75 Å². The molecule has 0 radical (unpaired) electrons. The van der Waals surface area contributed by atoms with Gasteiger partial charge in [0.25, 0.3) is 0 Å². The van der Waals surface area contributed by atoms with Gasteiger partial charge in [-0.15, -0.1) is 11.3 Å². The maximum Gasteiger partial charge on any atom is 0.160 e. The van der Waals surface area contributed by atoms with Gasteiger partial charge in [0, 0.05) is 24.7 Å². The smallest absolute Gasteiger partial charge is 0.160 e. The number of phenols is 1. The molecule has 2 rings (SSSR count). The molecule has 0 amide bonds. The number of nitrogens with zero attached hydrogens (tertiary/aromatic N) is 1. The topological polar surface area (TPSA) is 54.4 Å². The van der Waals surface area contributed by atoms with Gasteiger partial charge in [0.05, 0.1) is 7.11 Å². The molecule has 1 aromatic carbocycles. The highest BCUT2D eigenvalue weighted by atomic mass is 32.1. The van der Waals surface area contributed by atoms with Gasteiger partial charge in [-0.3, -0.25) is 0 Å². The standard InChI is InChI=1S/C12H14N2O2S/c1-16-11-6-9(2-3-10(11)15)7-13-8-12-14-4-5-17-12/h2-6,13,15H,7-8H2,1H3. The van der Waals surface area contributed by atoms with Crippen molar-refractivity contribution < 1.29 is 9.84 Å². The lowest BCUT2D eigenvalue weighted by molar-refractivity contribution is 0.373. The minimum absolute atomic E-state index is 0.163. The fourth-order valence-corrected chi connectivity index (χ4v) is 2.07. The van der Waals surface area contributed by atoms with Crippen LogP contribution in [0, 0.1) is 0 Å². The van der Waals surface area contributed by atoms with Crippen LogP contribution in [0.15, 0.2) is 29.8 Å². The third-order valence-corrected chi connectivity index (χ3v) is 3.11. The number of nitrogens with one attached hydrogen (secondary N) is 1. The predicted octanol–water partition coefficient (Wildman–Crippen LogP) is 2.15. The molecule has 2 N–H and O–H groups in total. The molecule has 0 unspecified atom stereocenters. The van der Waals surface area contributed by atoms with Gasteiger partial charge in [-0.2, -0.15) is 0 Å². The van der Waals surface area contributed by atoms with Crippen molar-refractivity contribution in [3.63, 3.8) is 0 Å². The molecule has 0 aliphatic rings. The minimum Gasteiger partial charge on any atom is -0.504 e. The second kappa shape index (κ2) is 5.65. The minimum atomic E-state index is 0.163. The summed E-state index contributed by atoms with van der Waals surface area (Å²) in [5, 5.41) is 15.8. The molecular weight excluding hydrogens is 236 g/mol. The number of ether oxygens (including phenoxy) is 1. The van der Waals surface area contributed by atoms with Gasteiger partial charge < -0.3 is 15.2 Å². The monoisotopic (exact) mass is 250 g/mol. The molecule has 0 atom stereocenters. The molecule has 90 valence electrons. The van der Waals surface area contributed by atoms with Crippen LogP contribution in [0.5, 0.6) is 11.5 Å². The molecule has 5 heteroatoms. The van der Waals surface area contributed by atoms with Gasteiger partial charge in [-0.05, 0) is 17.7 Å². The highest BCUT2D eigenvalue weighted by molar-refractivity contribution is 7.09. The van der Waals surface area contributed by atoms with Crippen molar-refractivity contribution in [2.45, 2.75) is 13.1 Å². The van der Waals surface area contributed by atoms with Crippen molar-refractivity contribution >= 4 is 11.3 Å². The number of benzene rings is 1. The lowest BCUT2D eigenvalue weighted by Gasteiger charge is -2.07. The molecule has 0 saturated carbocycles. The molecule has 0 aliphatic carbocycles. The van der Waals surface area contributed by atoms with Crippen LogP contribution in [0.1, 0.15) is 10.6 Å². The Morgan fingerprint density at radius 2 is 2.29 bits per heavy atom. The Hall–Kier alpha value is -1.59. The maximum absolute atomic E-state index is 9.46. The van der Waals surface area contributed by atoms with Crippen LogP contribution in [-0.2, 0) is 13.1 Å². The Balaban J connectivity index is 1.90. The summed E-state index contributed by atoms with van der Waals surface area (Å²) in [4.78, 5) is 4.19. The van der Waals surface area contributed by atoms with Gasteiger partial charge >= 0.3 is 0 Å². The molecule has 17 heavy (non-hydrogen) atoms. The number of aromatic hydroxyl groups is 1. The van der Waals surface area contributed by atoms with Crippen LogP contribution < -0.4 is 10.1 Å². The summed E-state index contributed by atoms with van der Waals surface area (Å²) in [7, 11) is 1.54. The van der Waals surface area contributed by atoms with Crippen molar-refractivity contribution in [1.29, 1.82) is 0 Å². The molecule has 0 aliphatic heterocycles. The van der Waals surface area contributed by atoms with E-state index in [1.807, 2.05) is 17.5 Å². The Bertz CT molecular complexity index is 471. The van der Waals surface area contributed by atoms with Crippen molar-refractivity contribution in [3.05, 3.63) is 40.3 Å². The summed E-state index contributed by atoms with van der Waals surface area (Å²) in [6.07, 6.45) is 1.80. The van der Waals surface area contributed by atoms with Gasteiger partial charge in [-0.25, -0.2) is 4.98 Å². The average molecular weight is 250 g/mol. The summed E-state index contributed by atoms with van der Waals surface area (Å²) in [5.74, 6) is 0.662. The van der Waals surface area contributed by atoms with Crippen LogP contribution in [0.2, 0.25) is 0 Å². The number of aromatic nitrogens is 1. The summed E-state index contributed by atoms with van der Waals surface area (Å²) in [6.45, 7) is 1.47.